The molecule has 0 aliphatic carbocycles. The Kier molecular flexibility index (Phi) is 6.81. The summed E-state index contributed by atoms with van der Waals surface area (Å²) in [6.45, 7) is 3.59. The molecule has 1 aromatic rings. The zero-order valence-electron chi connectivity index (χ0n) is 10.8. The first-order valence-corrected chi connectivity index (χ1v) is 6.30. The van der Waals surface area contributed by atoms with Gasteiger partial charge in [-0.2, -0.15) is 0 Å². The Bertz CT molecular complexity index is 379. The van der Waals surface area contributed by atoms with Gasteiger partial charge in [0.25, 0.3) is 0 Å². The highest BCUT2D eigenvalue weighted by atomic mass is 16.5. The summed E-state index contributed by atoms with van der Waals surface area (Å²) in [6, 6.07) is 7.71. The first kappa shape index (κ1) is 14.5. The van der Waals surface area contributed by atoms with E-state index in [0.717, 1.165) is 30.2 Å². The summed E-state index contributed by atoms with van der Waals surface area (Å²) in [5.41, 5.74) is 1.99. The van der Waals surface area contributed by atoms with Gasteiger partial charge in [-0.3, -0.25) is 0 Å². The summed E-state index contributed by atoms with van der Waals surface area (Å²) < 4.78 is 5.55. The molecule has 0 saturated heterocycles. The Morgan fingerprint density at radius 3 is 2.61 bits per heavy atom. The highest BCUT2D eigenvalue weighted by molar-refractivity contribution is 5.85. The molecule has 0 spiro atoms. The van der Waals surface area contributed by atoms with Crippen LogP contribution in [0.1, 0.15) is 37.3 Å². The first-order valence-electron chi connectivity index (χ1n) is 6.30. The summed E-state index contributed by atoms with van der Waals surface area (Å²) in [5.74, 6) is -0.932. The van der Waals surface area contributed by atoms with Crippen molar-refractivity contribution in [2.24, 2.45) is 0 Å². The van der Waals surface area contributed by atoms with E-state index in [-0.39, 0.29) is 0 Å². The molecule has 1 rings (SSSR count). The lowest BCUT2D eigenvalue weighted by molar-refractivity contribution is -0.131. The predicted octanol–water partition coefficient (Wildman–Crippen LogP) is 3.49. The molecule has 3 heteroatoms. The number of aliphatic carboxylic acids is 1. The lowest BCUT2D eigenvalue weighted by Crippen LogP contribution is -1.95. The smallest absolute Gasteiger partial charge is 0.328 e. The van der Waals surface area contributed by atoms with Crippen LogP contribution in [0.2, 0.25) is 0 Å². The van der Waals surface area contributed by atoms with E-state index in [2.05, 4.69) is 6.92 Å². The van der Waals surface area contributed by atoms with Gasteiger partial charge in [-0.25, -0.2) is 4.79 Å². The van der Waals surface area contributed by atoms with Gasteiger partial charge >= 0.3 is 5.97 Å². The van der Waals surface area contributed by atoms with Crippen molar-refractivity contribution in [3.63, 3.8) is 0 Å². The number of hydrogen-bond acceptors (Lipinski definition) is 2. The maximum Gasteiger partial charge on any atom is 0.328 e. The molecule has 0 saturated carbocycles. The summed E-state index contributed by atoms with van der Waals surface area (Å²) >= 11 is 0. The van der Waals surface area contributed by atoms with Crippen molar-refractivity contribution in [1.82, 2.24) is 0 Å². The van der Waals surface area contributed by atoms with E-state index in [4.69, 9.17) is 9.84 Å². The summed E-state index contributed by atoms with van der Waals surface area (Å²) in [5, 5.41) is 8.51. The van der Waals surface area contributed by atoms with Crippen molar-refractivity contribution in [3.05, 3.63) is 41.5 Å². The van der Waals surface area contributed by atoms with Crippen LogP contribution in [-0.2, 0) is 16.1 Å². The van der Waals surface area contributed by atoms with Crippen LogP contribution in [0, 0.1) is 0 Å². The summed E-state index contributed by atoms with van der Waals surface area (Å²) in [4.78, 5) is 10.4. The minimum absolute atomic E-state index is 0.618. The molecule has 0 atom stereocenters. The number of carboxylic acids is 1. The molecule has 0 amide bonds. The molecule has 0 heterocycles. The van der Waals surface area contributed by atoms with Crippen LogP contribution in [-0.4, -0.2) is 17.7 Å². The third-order valence-corrected chi connectivity index (χ3v) is 2.56. The van der Waals surface area contributed by atoms with E-state index in [1.807, 2.05) is 24.3 Å². The SMILES string of the molecule is CCCCCOCc1ccc(/C=C/C(=O)O)cc1. The Hall–Kier alpha value is -1.61. The minimum Gasteiger partial charge on any atom is -0.478 e. The van der Waals surface area contributed by atoms with Gasteiger partial charge in [-0.1, -0.05) is 44.0 Å². The van der Waals surface area contributed by atoms with Gasteiger partial charge in [0, 0.05) is 12.7 Å². The zero-order chi connectivity index (χ0) is 13.2. The zero-order valence-corrected chi connectivity index (χ0v) is 10.8. The van der Waals surface area contributed by atoms with Crippen LogP contribution < -0.4 is 0 Å². The number of rotatable bonds is 8. The van der Waals surface area contributed by atoms with E-state index < -0.39 is 5.97 Å². The lowest BCUT2D eigenvalue weighted by Gasteiger charge is -2.04. The van der Waals surface area contributed by atoms with Crippen molar-refractivity contribution in [2.45, 2.75) is 32.8 Å². The number of hydrogen-bond donors (Lipinski definition) is 1. The van der Waals surface area contributed by atoms with Gasteiger partial charge in [0.05, 0.1) is 6.61 Å². The van der Waals surface area contributed by atoms with Crippen molar-refractivity contribution in [1.29, 1.82) is 0 Å². The highest BCUT2D eigenvalue weighted by Crippen LogP contribution is 2.08. The van der Waals surface area contributed by atoms with Gasteiger partial charge < -0.3 is 9.84 Å². The first-order chi connectivity index (χ1) is 8.72. The maximum atomic E-state index is 10.4. The second-order valence-electron chi connectivity index (χ2n) is 4.17. The van der Waals surface area contributed by atoms with Crippen molar-refractivity contribution in [2.75, 3.05) is 6.61 Å². The number of carboxylic acid groups (broad SMARTS) is 1. The predicted molar refractivity (Wildman–Crippen MR) is 72.3 cm³/mol. The number of carbonyl (C=O) groups is 1. The number of ether oxygens (including phenoxy) is 1. The summed E-state index contributed by atoms with van der Waals surface area (Å²) in [6.07, 6.45) is 6.23. The van der Waals surface area contributed by atoms with Crippen LogP contribution in [0.3, 0.4) is 0 Å². The fraction of sp³-hybridized carbons (Fsp3) is 0.400. The molecule has 98 valence electrons. The molecule has 3 nitrogen and oxygen atoms in total. The van der Waals surface area contributed by atoms with E-state index in [9.17, 15) is 4.79 Å². The Morgan fingerprint density at radius 1 is 1.28 bits per heavy atom. The van der Waals surface area contributed by atoms with Crippen molar-refractivity contribution >= 4 is 12.0 Å². The largest absolute Gasteiger partial charge is 0.478 e. The molecule has 0 unspecified atom stereocenters. The molecule has 0 fully saturated rings. The molecule has 1 aromatic carbocycles. The molecule has 18 heavy (non-hydrogen) atoms. The topological polar surface area (TPSA) is 46.5 Å². The molecule has 1 N–H and O–H groups in total. The maximum absolute atomic E-state index is 10.4. The minimum atomic E-state index is -0.932. The van der Waals surface area contributed by atoms with Crippen molar-refractivity contribution in [3.8, 4) is 0 Å². The fourth-order valence-electron chi connectivity index (χ4n) is 1.54. The lowest BCUT2D eigenvalue weighted by atomic mass is 10.1. The monoisotopic (exact) mass is 248 g/mol. The second kappa shape index (κ2) is 8.48. The van der Waals surface area contributed by atoms with E-state index in [1.54, 1.807) is 6.08 Å². The van der Waals surface area contributed by atoms with Crippen LogP contribution in [0.15, 0.2) is 30.3 Å². The average Bonchev–Trinajstić information content (AvgIpc) is 2.37. The van der Waals surface area contributed by atoms with Crippen LogP contribution >= 0.6 is 0 Å². The number of unbranched alkanes of at least 4 members (excludes halogenated alkanes) is 2. The third-order valence-electron chi connectivity index (χ3n) is 2.56. The van der Waals surface area contributed by atoms with E-state index in [1.165, 1.54) is 12.8 Å². The average molecular weight is 248 g/mol. The molecule has 0 bridgehead atoms. The standard InChI is InChI=1S/C15H20O3/c1-2-3-4-11-18-12-14-7-5-13(6-8-14)9-10-15(16)17/h5-10H,2-4,11-12H2,1H3,(H,16,17)/b10-9+. The molecule has 0 radical (unpaired) electrons. The van der Waals surface area contributed by atoms with Gasteiger partial charge in [0.2, 0.25) is 0 Å². The van der Waals surface area contributed by atoms with E-state index >= 15 is 0 Å². The van der Waals surface area contributed by atoms with Crippen LogP contribution in [0.4, 0.5) is 0 Å². The molecular weight excluding hydrogens is 228 g/mol. The van der Waals surface area contributed by atoms with Gasteiger partial charge in [0.1, 0.15) is 0 Å². The van der Waals surface area contributed by atoms with Crippen LogP contribution in [0.5, 0.6) is 0 Å². The van der Waals surface area contributed by atoms with E-state index in [0.29, 0.717) is 6.61 Å². The van der Waals surface area contributed by atoms with Crippen molar-refractivity contribution < 1.29 is 14.6 Å². The molecule has 0 aliphatic heterocycles. The Labute approximate surface area is 108 Å². The number of benzene rings is 1. The normalized spacial score (nSPS) is 10.9. The second-order valence-corrected chi connectivity index (χ2v) is 4.17. The Morgan fingerprint density at radius 2 is 2.00 bits per heavy atom. The Balaban J connectivity index is 2.34. The van der Waals surface area contributed by atoms with Crippen LogP contribution in [0.25, 0.3) is 6.08 Å². The fourth-order valence-corrected chi connectivity index (χ4v) is 1.54. The molecular formula is C15H20O3. The van der Waals surface area contributed by atoms with Gasteiger partial charge in [-0.05, 0) is 23.6 Å². The molecule has 0 aromatic heterocycles. The summed E-state index contributed by atoms with van der Waals surface area (Å²) in [7, 11) is 0. The van der Waals surface area contributed by atoms with Gasteiger partial charge in [0.15, 0.2) is 0 Å². The quantitative estimate of drug-likeness (QED) is 0.566. The highest BCUT2D eigenvalue weighted by Gasteiger charge is 1.94. The molecule has 0 aliphatic rings. The van der Waals surface area contributed by atoms with Gasteiger partial charge in [-0.15, -0.1) is 0 Å². The third kappa shape index (κ3) is 6.21.